The standard InChI is InChI=1S/C12H14ClN3O3/c1-15(8-5-6-14-7-8)12(17)9-3-2-4-10(13)11(9)16(18)19/h2-4,8,14H,5-7H2,1H3. The second kappa shape index (κ2) is 5.54. The van der Waals surface area contributed by atoms with E-state index in [9.17, 15) is 14.9 Å². The molecule has 7 heteroatoms. The topological polar surface area (TPSA) is 75.5 Å². The molecular weight excluding hydrogens is 270 g/mol. The highest BCUT2D eigenvalue weighted by molar-refractivity contribution is 6.33. The van der Waals surface area contributed by atoms with Crippen LogP contribution in [0.25, 0.3) is 0 Å². The van der Waals surface area contributed by atoms with Crippen LogP contribution in [0.15, 0.2) is 18.2 Å². The molecule has 1 aromatic carbocycles. The van der Waals surface area contributed by atoms with E-state index in [-0.39, 0.29) is 28.2 Å². The summed E-state index contributed by atoms with van der Waals surface area (Å²) in [6.45, 7) is 1.55. The fourth-order valence-electron chi connectivity index (χ4n) is 2.20. The first-order valence-electron chi connectivity index (χ1n) is 5.93. The van der Waals surface area contributed by atoms with Gasteiger partial charge in [0.25, 0.3) is 5.91 Å². The molecule has 0 saturated carbocycles. The molecule has 1 saturated heterocycles. The summed E-state index contributed by atoms with van der Waals surface area (Å²) < 4.78 is 0. The first-order valence-corrected chi connectivity index (χ1v) is 6.31. The number of amides is 1. The van der Waals surface area contributed by atoms with Crippen molar-refractivity contribution in [1.29, 1.82) is 0 Å². The molecule has 0 radical (unpaired) electrons. The zero-order valence-corrected chi connectivity index (χ0v) is 11.2. The predicted octanol–water partition coefficient (Wildman–Crippen LogP) is 1.68. The van der Waals surface area contributed by atoms with Crippen molar-refractivity contribution >= 4 is 23.2 Å². The number of hydrogen-bond acceptors (Lipinski definition) is 4. The molecule has 19 heavy (non-hydrogen) atoms. The molecule has 1 aliphatic heterocycles. The molecular formula is C12H14ClN3O3. The molecule has 1 fully saturated rings. The third-order valence-corrected chi connectivity index (χ3v) is 3.61. The van der Waals surface area contributed by atoms with Gasteiger partial charge >= 0.3 is 5.69 Å². The van der Waals surface area contributed by atoms with Crippen LogP contribution >= 0.6 is 11.6 Å². The van der Waals surface area contributed by atoms with Crippen LogP contribution in [0.1, 0.15) is 16.8 Å². The Bertz CT molecular complexity index is 515. The lowest BCUT2D eigenvalue weighted by molar-refractivity contribution is -0.385. The van der Waals surface area contributed by atoms with Crippen molar-refractivity contribution in [2.45, 2.75) is 12.5 Å². The smallest absolute Gasteiger partial charge is 0.300 e. The summed E-state index contributed by atoms with van der Waals surface area (Å²) in [6, 6.07) is 4.45. The molecule has 1 heterocycles. The van der Waals surface area contributed by atoms with Crippen LogP contribution in [0.3, 0.4) is 0 Å². The fraction of sp³-hybridized carbons (Fsp3) is 0.417. The minimum absolute atomic E-state index is 0.0196. The highest BCUT2D eigenvalue weighted by Crippen LogP contribution is 2.29. The van der Waals surface area contributed by atoms with Gasteiger partial charge in [-0.25, -0.2) is 0 Å². The third kappa shape index (κ3) is 2.69. The Balaban J connectivity index is 2.33. The van der Waals surface area contributed by atoms with Crippen LogP contribution < -0.4 is 5.32 Å². The van der Waals surface area contributed by atoms with E-state index in [0.717, 1.165) is 13.0 Å². The van der Waals surface area contributed by atoms with E-state index in [1.807, 2.05) is 0 Å². The summed E-state index contributed by atoms with van der Waals surface area (Å²) in [5.41, 5.74) is -0.293. The average Bonchev–Trinajstić information content (AvgIpc) is 2.90. The molecule has 0 bridgehead atoms. The number of nitrogens with one attached hydrogen (secondary N) is 1. The molecule has 1 atom stereocenters. The number of para-hydroxylation sites is 1. The molecule has 0 aromatic heterocycles. The molecule has 102 valence electrons. The Hall–Kier alpha value is -1.66. The Morgan fingerprint density at radius 1 is 1.58 bits per heavy atom. The summed E-state index contributed by atoms with van der Waals surface area (Å²) in [5.74, 6) is -0.372. The van der Waals surface area contributed by atoms with Gasteiger partial charge in [-0.05, 0) is 25.1 Å². The Morgan fingerprint density at radius 2 is 2.32 bits per heavy atom. The number of rotatable bonds is 3. The summed E-state index contributed by atoms with van der Waals surface area (Å²) in [4.78, 5) is 24.3. The fourth-order valence-corrected chi connectivity index (χ4v) is 2.44. The molecule has 1 aromatic rings. The lowest BCUT2D eigenvalue weighted by Gasteiger charge is -2.23. The second-order valence-corrected chi connectivity index (χ2v) is 4.86. The molecule has 2 rings (SSSR count). The molecule has 0 spiro atoms. The van der Waals surface area contributed by atoms with Gasteiger partial charge in [0.1, 0.15) is 10.6 Å². The summed E-state index contributed by atoms with van der Waals surface area (Å²) >= 11 is 5.81. The van der Waals surface area contributed by atoms with E-state index in [1.54, 1.807) is 18.0 Å². The number of nitro benzene ring substituents is 1. The number of benzene rings is 1. The van der Waals surface area contributed by atoms with Gasteiger partial charge in [0.05, 0.1) is 4.92 Å². The number of carbonyl (C=O) groups excluding carboxylic acids is 1. The molecule has 1 N–H and O–H groups in total. The zero-order valence-electron chi connectivity index (χ0n) is 10.4. The van der Waals surface area contributed by atoms with Crippen molar-refractivity contribution < 1.29 is 9.72 Å². The maximum atomic E-state index is 12.3. The normalized spacial score (nSPS) is 18.3. The number of hydrogen-bond donors (Lipinski definition) is 1. The van der Waals surface area contributed by atoms with E-state index >= 15 is 0 Å². The number of nitrogens with zero attached hydrogens (tertiary/aromatic N) is 2. The molecule has 6 nitrogen and oxygen atoms in total. The number of carbonyl (C=O) groups is 1. The predicted molar refractivity (Wildman–Crippen MR) is 71.5 cm³/mol. The van der Waals surface area contributed by atoms with E-state index in [4.69, 9.17) is 11.6 Å². The van der Waals surface area contributed by atoms with Crippen molar-refractivity contribution in [1.82, 2.24) is 10.2 Å². The highest BCUT2D eigenvalue weighted by atomic mass is 35.5. The van der Waals surface area contributed by atoms with Crippen molar-refractivity contribution in [3.8, 4) is 0 Å². The monoisotopic (exact) mass is 283 g/mol. The summed E-state index contributed by atoms with van der Waals surface area (Å²) in [6.07, 6.45) is 0.844. The largest absolute Gasteiger partial charge is 0.337 e. The summed E-state index contributed by atoms with van der Waals surface area (Å²) in [7, 11) is 1.66. The van der Waals surface area contributed by atoms with Crippen LogP contribution in [0.2, 0.25) is 5.02 Å². The van der Waals surface area contributed by atoms with Crippen molar-refractivity contribution in [3.05, 3.63) is 38.9 Å². The van der Waals surface area contributed by atoms with E-state index in [2.05, 4.69) is 5.32 Å². The van der Waals surface area contributed by atoms with Gasteiger partial charge in [-0.3, -0.25) is 14.9 Å². The number of halogens is 1. The van der Waals surface area contributed by atoms with Crippen molar-refractivity contribution in [2.75, 3.05) is 20.1 Å². The van der Waals surface area contributed by atoms with Crippen molar-refractivity contribution in [3.63, 3.8) is 0 Å². The quantitative estimate of drug-likeness (QED) is 0.676. The Morgan fingerprint density at radius 3 is 2.89 bits per heavy atom. The van der Waals surface area contributed by atoms with Crippen LogP contribution in [-0.2, 0) is 0 Å². The van der Waals surface area contributed by atoms with Gasteiger partial charge in [0.2, 0.25) is 0 Å². The first kappa shape index (κ1) is 13.8. The molecule has 1 amide bonds. The lowest BCUT2D eigenvalue weighted by Crippen LogP contribution is -2.38. The maximum absolute atomic E-state index is 12.3. The van der Waals surface area contributed by atoms with Crippen LogP contribution in [0, 0.1) is 10.1 Å². The SMILES string of the molecule is CN(C(=O)c1cccc(Cl)c1[N+](=O)[O-])C1CCNC1. The minimum Gasteiger partial charge on any atom is -0.337 e. The number of nitro groups is 1. The lowest BCUT2D eigenvalue weighted by atomic mass is 10.1. The zero-order chi connectivity index (χ0) is 14.0. The molecule has 0 aliphatic carbocycles. The summed E-state index contributed by atoms with van der Waals surface area (Å²) in [5, 5.41) is 14.2. The van der Waals surface area contributed by atoms with Gasteiger partial charge in [-0.2, -0.15) is 0 Å². The van der Waals surface area contributed by atoms with Gasteiger partial charge in [0.15, 0.2) is 0 Å². The Labute approximate surface area is 115 Å². The first-order chi connectivity index (χ1) is 9.02. The third-order valence-electron chi connectivity index (χ3n) is 3.30. The van der Waals surface area contributed by atoms with Crippen molar-refractivity contribution in [2.24, 2.45) is 0 Å². The van der Waals surface area contributed by atoms with Gasteiger partial charge in [0, 0.05) is 19.6 Å². The van der Waals surface area contributed by atoms with Gasteiger partial charge < -0.3 is 10.2 Å². The maximum Gasteiger partial charge on any atom is 0.300 e. The van der Waals surface area contributed by atoms with E-state index < -0.39 is 4.92 Å². The van der Waals surface area contributed by atoms with E-state index in [1.165, 1.54) is 12.1 Å². The molecule has 1 unspecified atom stereocenters. The Kier molecular flexibility index (Phi) is 4.01. The van der Waals surface area contributed by atoms with Crippen LogP contribution in [0.4, 0.5) is 5.69 Å². The van der Waals surface area contributed by atoms with Gasteiger partial charge in [-0.1, -0.05) is 17.7 Å². The highest BCUT2D eigenvalue weighted by Gasteiger charge is 2.30. The van der Waals surface area contributed by atoms with Crippen LogP contribution in [0.5, 0.6) is 0 Å². The minimum atomic E-state index is -0.615. The number of likely N-dealkylation sites (N-methyl/N-ethyl adjacent to an activating group) is 1. The second-order valence-electron chi connectivity index (χ2n) is 4.46. The molecule has 1 aliphatic rings. The average molecular weight is 284 g/mol. The van der Waals surface area contributed by atoms with Gasteiger partial charge in [-0.15, -0.1) is 0 Å². The van der Waals surface area contributed by atoms with Crippen LogP contribution in [-0.4, -0.2) is 41.9 Å². The van der Waals surface area contributed by atoms with E-state index in [0.29, 0.717) is 6.54 Å².